The van der Waals surface area contributed by atoms with Crippen molar-refractivity contribution in [3.05, 3.63) is 38.8 Å². The van der Waals surface area contributed by atoms with Crippen LogP contribution < -0.4 is 10.4 Å². The lowest BCUT2D eigenvalue weighted by molar-refractivity contribution is -0.117. The van der Waals surface area contributed by atoms with Gasteiger partial charge in [0.05, 0.1) is 14.7 Å². The summed E-state index contributed by atoms with van der Waals surface area (Å²) in [5, 5.41) is 1.77. The van der Waals surface area contributed by atoms with Crippen molar-refractivity contribution in [2.45, 2.75) is 11.9 Å². The second kappa shape index (κ2) is 5.12. The topological polar surface area (TPSA) is 32.3 Å². The van der Waals surface area contributed by atoms with E-state index in [2.05, 4.69) is 53.2 Å². The van der Waals surface area contributed by atoms with Crippen molar-refractivity contribution in [3.63, 3.8) is 0 Å². The van der Waals surface area contributed by atoms with E-state index in [1.807, 2.05) is 31.2 Å². The molecule has 0 radical (unpaired) electrons. The second-order valence-corrected chi connectivity index (χ2v) is 6.16. The van der Waals surface area contributed by atoms with Gasteiger partial charge >= 0.3 is 0 Å². The summed E-state index contributed by atoms with van der Waals surface area (Å²) in [7, 11) is 0. The largest absolute Gasteiger partial charge is 0.277 e. The van der Waals surface area contributed by atoms with Crippen molar-refractivity contribution in [2.24, 2.45) is 0 Å². The minimum Gasteiger partial charge on any atom is -0.267 e. The maximum Gasteiger partial charge on any atom is 0.277 e. The van der Waals surface area contributed by atoms with Crippen LogP contribution in [0.4, 0.5) is 5.69 Å². The molecule has 1 aliphatic rings. The summed E-state index contributed by atoms with van der Waals surface area (Å²) < 4.78 is 1.27. The first-order valence-corrected chi connectivity index (χ1v) is 7.37. The maximum absolute atomic E-state index is 11.7. The number of benzene rings is 1. The normalized spacial score (nSPS) is 20.6. The molecule has 1 aliphatic heterocycles. The van der Waals surface area contributed by atoms with E-state index in [1.165, 1.54) is 0 Å². The Hall–Kier alpha value is -0.330. The van der Waals surface area contributed by atoms with Crippen molar-refractivity contribution in [2.75, 3.05) is 5.01 Å². The molecule has 0 fully saturated rings. The molecule has 0 saturated heterocycles. The lowest BCUT2D eigenvalue weighted by Crippen LogP contribution is -2.50. The minimum absolute atomic E-state index is 0.128. The van der Waals surface area contributed by atoms with Gasteiger partial charge in [-0.15, -0.1) is 0 Å². The Morgan fingerprint density at radius 2 is 2.06 bits per heavy atom. The number of nitrogens with zero attached hydrogens (tertiary/aromatic N) is 1. The molecule has 1 atom stereocenters. The van der Waals surface area contributed by atoms with E-state index in [1.54, 1.807) is 5.01 Å². The van der Waals surface area contributed by atoms with Gasteiger partial charge in [0, 0.05) is 0 Å². The van der Waals surface area contributed by atoms with Gasteiger partial charge in [-0.1, -0.05) is 44.0 Å². The standard InChI is InChI=1S/C11H9Br3N2O/c1-6-3-2-4-7(5-6)16-10(14)8(12)9(13)11(17)15-16/h2-5,10H,1H3,(H,15,17). The van der Waals surface area contributed by atoms with Gasteiger partial charge in [-0.05, 0) is 40.5 Å². The van der Waals surface area contributed by atoms with Gasteiger partial charge in [-0.25, -0.2) is 0 Å². The average Bonchev–Trinajstić information content (AvgIpc) is 2.31. The van der Waals surface area contributed by atoms with E-state index in [0.717, 1.165) is 15.7 Å². The first-order valence-electron chi connectivity index (χ1n) is 4.87. The van der Waals surface area contributed by atoms with E-state index >= 15 is 0 Å². The van der Waals surface area contributed by atoms with Crippen molar-refractivity contribution >= 4 is 59.4 Å². The molecule has 1 unspecified atom stereocenters. The Morgan fingerprint density at radius 3 is 2.71 bits per heavy atom. The Kier molecular flexibility index (Phi) is 3.95. The number of amides is 1. The van der Waals surface area contributed by atoms with Gasteiger partial charge in [-0.3, -0.25) is 15.2 Å². The third-order valence-corrected chi connectivity index (χ3v) is 5.98. The molecule has 0 bridgehead atoms. The summed E-state index contributed by atoms with van der Waals surface area (Å²) in [4.78, 5) is 11.6. The Labute approximate surface area is 125 Å². The summed E-state index contributed by atoms with van der Waals surface area (Å²) in [6.45, 7) is 2.01. The molecule has 0 aromatic heterocycles. The van der Waals surface area contributed by atoms with Crippen LogP contribution in [-0.4, -0.2) is 10.9 Å². The molecular formula is C11H9Br3N2O. The number of hydrogen-bond acceptors (Lipinski definition) is 2. The Bertz CT molecular complexity index is 501. The fourth-order valence-electron chi connectivity index (χ4n) is 1.51. The molecule has 0 spiro atoms. The predicted molar refractivity (Wildman–Crippen MR) is 79.4 cm³/mol. The number of nitrogens with one attached hydrogen (secondary N) is 1. The van der Waals surface area contributed by atoms with Gasteiger partial charge in [0.25, 0.3) is 5.91 Å². The minimum atomic E-state index is -0.172. The highest BCUT2D eigenvalue weighted by atomic mass is 79.9. The van der Waals surface area contributed by atoms with Crippen LogP contribution >= 0.6 is 47.8 Å². The van der Waals surface area contributed by atoms with Crippen LogP contribution in [0.3, 0.4) is 0 Å². The summed E-state index contributed by atoms with van der Waals surface area (Å²) in [6, 6.07) is 7.92. The molecule has 1 aromatic carbocycles. The summed E-state index contributed by atoms with van der Waals surface area (Å²) in [6.07, 6.45) is 0. The molecule has 3 nitrogen and oxygen atoms in total. The number of hydrogen-bond donors (Lipinski definition) is 1. The third-order valence-electron chi connectivity index (χ3n) is 2.35. The first kappa shape index (κ1) is 13.1. The maximum atomic E-state index is 11.7. The zero-order valence-corrected chi connectivity index (χ0v) is 13.6. The molecular weight excluding hydrogens is 416 g/mol. The predicted octanol–water partition coefficient (Wildman–Crippen LogP) is 3.57. The van der Waals surface area contributed by atoms with Crippen LogP contribution in [0.15, 0.2) is 33.2 Å². The van der Waals surface area contributed by atoms with E-state index in [0.29, 0.717) is 4.48 Å². The number of rotatable bonds is 1. The molecule has 6 heteroatoms. The van der Waals surface area contributed by atoms with Gasteiger partial charge in [-0.2, -0.15) is 0 Å². The number of hydrazine groups is 1. The smallest absolute Gasteiger partial charge is 0.267 e. The quantitative estimate of drug-likeness (QED) is 0.552. The van der Waals surface area contributed by atoms with Crippen molar-refractivity contribution in [3.8, 4) is 0 Å². The van der Waals surface area contributed by atoms with Crippen molar-refractivity contribution in [1.82, 2.24) is 5.43 Å². The van der Waals surface area contributed by atoms with Crippen LogP contribution in [0.25, 0.3) is 0 Å². The molecule has 1 N–H and O–H groups in total. The number of carbonyl (C=O) groups is 1. The van der Waals surface area contributed by atoms with Crippen LogP contribution in [0.5, 0.6) is 0 Å². The molecule has 1 aromatic rings. The van der Waals surface area contributed by atoms with Gasteiger partial charge in [0.15, 0.2) is 0 Å². The monoisotopic (exact) mass is 422 g/mol. The highest BCUT2D eigenvalue weighted by Gasteiger charge is 2.30. The fourth-order valence-corrected chi connectivity index (χ4v) is 3.08. The number of halogens is 3. The molecule has 0 saturated carbocycles. The third kappa shape index (κ3) is 2.58. The zero-order valence-electron chi connectivity index (χ0n) is 8.88. The number of anilines is 1. The average molecular weight is 425 g/mol. The van der Waals surface area contributed by atoms with Gasteiger partial charge in [0.1, 0.15) is 4.95 Å². The lowest BCUT2D eigenvalue weighted by atomic mass is 10.2. The SMILES string of the molecule is Cc1cccc(N2NC(=O)C(Br)=C(Br)C2Br)c1. The van der Waals surface area contributed by atoms with E-state index < -0.39 is 0 Å². The van der Waals surface area contributed by atoms with E-state index in [-0.39, 0.29) is 10.9 Å². The second-order valence-electron chi connectivity index (χ2n) is 3.65. The fraction of sp³-hybridized carbons (Fsp3) is 0.182. The highest BCUT2D eigenvalue weighted by molar-refractivity contribution is 9.15. The molecule has 17 heavy (non-hydrogen) atoms. The first-order chi connectivity index (χ1) is 8.00. The Morgan fingerprint density at radius 1 is 1.35 bits per heavy atom. The highest BCUT2D eigenvalue weighted by Crippen LogP contribution is 2.34. The van der Waals surface area contributed by atoms with Crippen LogP contribution in [0, 0.1) is 6.92 Å². The van der Waals surface area contributed by atoms with E-state index in [9.17, 15) is 4.79 Å². The molecule has 2 rings (SSSR count). The summed E-state index contributed by atoms with van der Waals surface area (Å²) in [5.74, 6) is -0.172. The Balaban J connectivity index is 2.39. The van der Waals surface area contributed by atoms with Crippen molar-refractivity contribution in [1.29, 1.82) is 0 Å². The molecule has 0 aliphatic carbocycles. The lowest BCUT2D eigenvalue weighted by Gasteiger charge is -2.34. The van der Waals surface area contributed by atoms with Gasteiger partial charge < -0.3 is 0 Å². The molecule has 1 amide bonds. The zero-order chi connectivity index (χ0) is 12.6. The molecule has 1 heterocycles. The number of alkyl halides is 1. The summed E-state index contributed by atoms with van der Waals surface area (Å²) in [5.41, 5.74) is 4.87. The van der Waals surface area contributed by atoms with Crippen LogP contribution in [-0.2, 0) is 4.79 Å². The van der Waals surface area contributed by atoms with Gasteiger partial charge in [0.2, 0.25) is 0 Å². The number of aryl methyl sites for hydroxylation is 1. The van der Waals surface area contributed by atoms with E-state index in [4.69, 9.17) is 0 Å². The van der Waals surface area contributed by atoms with Crippen molar-refractivity contribution < 1.29 is 4.79 Å². The summed E-state index contributed by atoms with van der Waals surface area (Å²) >= 11 is 10.2. The van der Waals surface area contributed by atoms with Crippen LogP contribution in [0.1, 0.15) is 5.56 Å². The number of carbonyl (C=O) groups excluding carboxylic acids is 1. The molecule has 90 valence electrons. The van der Waals surface area contributed by atoms with Crippen LogP contribution in [0.2, 0.25) is 0 Å².